The molecule has 20 heavy (non-hydrogen) atoms. The van der Waals surface area contributed by atoms with Gasteiger partial charge in [-0.05, 0) is 45.0 Å². The van der Waals surface area contributed by atoms with Crippen molar-refractivity contribution in [2.75, 3.05) is 31.9 Å². The summed E-state index contributed by atoms with van der Waals surface area (Å²) >= 11 is 0. The van der Waals surface area contributed by atoms with Crippen LogP contribution in [0, 0.1) is 0 Å². The molecule has 6 nitrogen and oxygen atoms in total. The van der Waals surface area contributed by atoms with Gasteiger partial charge in [0.1, 0.15) is 6.54 Å². The van der Waals surface area contributed by atoms with Crippen molar-refractivity contribution in [3.8, 4) is 0 Å². The van der Waals surface area contributed by atoms with Crippen LogP contribution in [0.25, 0.3) is 0 Å². The number of carbonyl (C=O) groups excluding carboxylic acids is 1. The van der Waals surface area contributed by atoms with Crippen LogP contribution < -0.4 is 16.6 Å². The Labute approximate surface area is 118 Å². The summed E-state index contributed by atoms with van der Waals surface area (Å²) < 4.78 is 1.32. The minimum atomic E-state index is -0.216. The molecule has 0 radical (unpaired) electrons. The van der Waals surface area contributed by atoms with Gasteiger partial charge < -0.3 is 20.5 Å². The van der Waals surface area contributed by atoms with Crippen LogP contribution in [0.4, 0.5) is 5.69 Å². The van der Waals surface area contributed by atoms with Gasteiger partial charge in [-0.1, -0.05) is 0 Å². The largest absolute Gasteiger partial charge is 0.398 e. The molecule has 1 amide bonds. The first-order chi connectivity index (χ1) is 9.65. The van der Waals surface area contributed by atoms with Gasteiger partial charge in [-0.25, -0.2) is 0 Å². The first kappa shape index (κ1) is 14.6. The average Bonchev–Trinajstić information content (AvgIpc) is 2.92. The van der Waals surface area contributed by atoms with Gasteiger partial charge in [0.25, 0.3) is 5.56 Å². The van der Waals surface area contributed by atoms with E-state index in [4.69, 9.17) is 5.73 Å². The SMILES string of the molecule is Nc1ccc(=O)n(CC(=O)NCCCN2CCCC2)c1. The zero-order valence-electron chi connectivity index (χ0n) is 11.7. The number of carbonyl (C=O) groups is 1. The molecule has 1 saturated heterocycles. The summed E-state index contributed by atoms with van der Waals surface area (Å²) in [5, 5.41) is 2.84. The van der Waals surface area contributed by atoms with Crippen LogP contribution >= 0.6 is 0 Å². The number of hydrogen-bond acceptors (Lipinski definition) is 4. The van der Waals surface area contributed by atoms with Crippen molar-refractivity contribution in [3.63, 3.8) is 0 Å². The highest BCUT2D eigenvalue weighted by atomic mass is 16.2. The van der Waals surface area contributed by atoms with E-state index in [1.165, 1.54) is 48.8 Å². The molecule has 0 unspecified atom stereocenters. The number of amides is 1. The number of nitrogen functional groups attached to an aromatic ring is 1. The maximum Gasteiger partial charge on any atom is 0.251 e. The Bertz CT molecular complexity index is 506. The number of nitrogens with zero attached hydrogens (tertiary/aromatic N) is 2. The molecule has 0 atom stereocenters. The van der Waals surface area contributed by atoms with Crippen molar-refractivity contribution in [1.82, 2.24) is 14.8 Å². The molecule has 110 valence electrons. The molecule has 2 heterocycles. The normalized spacial score (nSPS) is 15.4. The number of nitrogens with one attached hydrogen (secondary N) is 1. The van der Waals surface area contributed by atoms with Gasteiger partial charge in [0.2, 0.25) is 5.91 Å². The summed E-state index contributed by atoms with van der Waals surface area (Å²) in [4.78, 5) is 25.7. The van der Waals surface area contributed by atoms with Crippen molar-refractivity contribution in [2.24, 2.45) is 0 Å². The highest BCUT2D eigenvalue weighted by molar-refractivity contribution is 5.75. The summed E-state index contributed by atoms with van der Waals surface area (Å²) in [5.74, 6) is -0.154. The predicted molar refractivity (Wildman–Crippen MR) is 78.4 cm³/mol. The third kappa shape index (κ3) is 4.38. The van der Waals surface area contributed by atoms with Gasteiger partial charge in [0.05, 0.1) is 0 Å². The molecule has 1 aliphatic rings. The Morgan fingerprint density at radius 2 is 2.05 bits per heavy atom. The number of nitrogens with two attached hydrogens (primary N) is 1. The lowest BCUT2D eigenvalue weighted by Crippen LogP contribution is -2.33. The van der Waals surface area contributed by atoms with Crippen LogP contribution in [-0.4, -0.2) is 41.6 Å². The molecule has 1 aliphatic heterocycles. The zero-order valence-corrected chi connectivity index (χ0v) is 11.7. The fourth-order valence-electron chi connectivity index (χ4n) is 2.42. The molecular formula is C14H22N4O2. The van der Waals surface area contributed by atoms with E-state index in [1.807, 2.05) is 0 Å². The van der Waals surface area contributed by atoms with E-state index in [2.05, 4.69) is 10.2 Å². The Morgan fingerprint density at radius 1 is 1.30 bits per heavy atom. The average molecular weight is 278 g/mol. The molecule has 0 aromatic carbocycles. The molecule has 1 aromatic rings. The van der Waals surface area contributed by atoms with Crippen LogP contribution in [0.3, 0.4) is 0 Å². The lowest BCUT2D eigenvalue weighted by molar-refractivity contribution is -0.121. The molecule has 0 spiro atoms. The second-order valence-electron chi connectivity index (χ2n) is 5.18. The summed E-state index contributed by atoms with van der Waals surface area (Å²) in [6, 6.07) is 2.91. The van der Waals surface area contributed by atoms with Crippen molar-refractivity contribution in [3.05, 3.63) is 28.7 Å². The molecule has 1 aromatic heterocycles. The number of pyridine rings is 1. The number of likely N-dealkylation sites (tertiary alicyclic amines) is 1. The first-order valence-electron chi connectivity index (χ1n) is 7.10. The second-order valence-corrected chi connectivity index (χ2v) is 5.18. The van der Waals surface area contributed by atoms with E-state index in [0.717, 1.165) is 13.0 Å². The van der Waals surface area contributed by atoms with E-state index >= 15 is 0 Å². The van der Waals surface area contributed by atoms with Crippen LogP contribution in [0.15, 0.2) is 23.1 Å². The van der Waals surface area contributed by atoms with E-state index < -0.39 is 0 Å². The Hall–Kier alpha value is -1.82. The third-order valence-electron chi connectivity index (χ3n) is 3.49. The smallest absolute Gasteiger partial charge is 0.251 e. The third-order valence-corrected chi connectivity index (χ3v) is 3.49. The van der Waals surface area contributed by atoms with E-state index in [1.54, 1.807) is 0 Å². The summed E-state index contributed by atoms with van der Waals surface area (Å²) in [7, 11) is 0. The first-order valence-corrected chi connectivity index (χ1v) is 7.10. The summed E-state index contributed by atoms with van der Waals surface area (Å²) in [5.41, 5.74) is 5.86. The molecule has 6 heteroatoms. The van der Waals surface area contributed by atoms with Gasteiger partial charge in [-0.15, -0.1) is 0 Å². The van der Waals surface area contributed by atoms with Crippen molar-refractivity contribution >= 4 is 11.6 Å². The molecule has 0 bridgehead atoms. The topological polar surface area (TPSA) is 80.4 Å². The zero-order chi connectivity index (χ0) is 14.4. The van der Waals surface area contributed by atoms with E-state index in [9.17, 15) is 9.59 Å². The maximum atomic E-state index is 11.7. The Balaban J connectivity index is 1.69. The van der Waals surface area contributed by atoms with Crippen LogP contribution in [0.5, 0.6) is 0 Å². The minimum absolute atomic E-state index is 0.0214. The molecule has 0 aliphatic carbocycles. The molecule has 1 fully saturated rings. The van der Waals surface area contributed by atoms with E-state index in [0.29, 0.717) is 12.2 Å². The lowest BCUT2D eigenvalue weighted by atomic mass is 10.3. The number of hydrogen-bond donors (Lipinski definition) is 2. The standard InChI is InChI=1S/C14H22N4O2/c15-12-4-5-14(20)18(10-12)11-13(19)16-6-3-9-17-7-1-2-8-17/h4-5,10H,1-3,6-9,11,15H2,(H,16,19). The quantitative estimate of drug-likeness (QED) is 0.720. The fraction of sp³-hybridized carbons (Fsp3) is 0.571. The number of rotatable bonds is 6. The fourth-order valence-corrected chi connectivity index (χ4v) is 2.42. The predicted octanol–water partition coefficient (Wildman–Crippen LogP) is 0.0326. The van der Waals surface area contributed by atoms with Crippen LogP contribution in [-0.2, 0) is 11.3 Å². The highest BCUT2D eigenvalue weighted by Gasteiger charge is 2.10. The van der Waals surface area contributed by atoms with Crippen molar-refractivity contribution in [2.45, 2.75) is 25.8 Å². The van der Waals surface area contributed by atoms with Gasteiger partial charge in [0, 0.05) is 24.5 Å². The monoisotopic (exact) mass is 278 g/mol. The van der Waals surface area contributed by atoms with Gasteiger partial charge in [-0.2, -0.15) is 0 Å². The number of aromatic nitrogens is 1. The lowest BCUT2D eigenvalue weighted by Gasteiger charge is -2.14. The van der Waals surface area contributed by atoms with Crippen LogP contribution in [0.2, 0.25) is 0 Å². The number of anilines is 1. The minimum Gasteiger partial charge on any atom is -0.398 e. The van der Waals surface area contributed by atoms with Gasteiger partial charge >= 0.3 is 0 Å². The Kier molecular flexibility index (Phi) is 5.17. The van der Waals surface area contributed by atoms with Crippen molar-refractivity contribution in [1.29, 1.82) is 0 Å². The Morgan fingerprint density at radius 3 is 2.80 bits per heavy atom. The van der Waals surface area contributed by atoms with E-state index in [-0.39, 0.29) is 18.0 Å². The summed E-state index contributed by atoms with van der Waals surface area (Å²) in [6.07, 6.45) is 5.00. The molecule has 0 saturated carbocycles. The second kappa shape index (κ2) is 7.09. The van der Waals surface area contributed by atoms with Gasteiger partial charge in [-0.3, -0.25) is 9.59 Å². The maximum absolute atomic E-state index is 11.7. The summed E-state index contributed by atoms with van der Waals surface area (Å²) in [6.45, 7) is 4.04. The molecule has 2 rings (SSSR count). The van der Waals surface area contributed by atoms with Crippen LogP contribution in [0.1, 0.15) is 19.3 Å². The molecular weight excluding hydrogens is 256 g/mol. The van der Waals surface area contributed by atoms with Gasteiger partial charge in [0.15, 0.2) is 0 Å². The highest BCUT2D eigenvalue weighted by Crippen LogP contribution is 2.06. The van der Waals surface area contributed by atoms with Crippen molar-refractivity contribution < 1.29 is 4.79 Å². The molecule has 3 N–H and O–H groups in total.